The average molecular weight is 291 g/mol. The van der Waals surface area contributed by atoms with E-state index < -0.39 is 6.10 Å². The largest absolute Gasteiger partial charge is 0.479 e. The third kappa shape index (κ3) is 4.70. The van der Waals surface area contributed by atoms with Gasteiger partial charge in [0.05, 0.1) is 6.20 Å². The summed E-state index contributed by atoms with van der Waals surface area (Å²) in [4.78, 5) is 18.3. The Labute approximate surface area is 126 Å². The fraction of sp³-hybridized carbons (Fsp3) is 0.625. The van der Waals surface area contributed by atoms with Crippen molar-refractivity contribution in [1.82, 2.24) is 15.2 Å². The lowest BCUT2D eigenvalue weighted by atomic mass is 9.96. The van der Waals surface area contributed by atoms with Gasteiger partial charge in [0.25, 0.3) is 5.91 Å². The molecule has 21 heavy (non-hydrogen) atoms. The predicted molar refractivity (Wildman–Crippen MR) is 82.2 cm³/mol. The lowest BCUT2D eigenvalue weighted by Crippen LogP contribution is -2.45. The number of piperidine rings is 1. The van der Waals surface area contributed by atoms with E-state index in [1.165, 1.54) is 0 Å². The Balaban J connectivity index is 1.78. The maximum Gasteiger partial charge on any atom is 0.263 e. The normalized spacial score (nSPS) is 17.5. The van der Waals surface area contributed by atoms with Crippen LogP contribution >= 0.6 is 0 Å². The summed E-state index contributed by atoms with van der Waals surface area (Å²) >= 11 is 0. The van der Waals surface area contributed by atoms with E-state index in [4.69, 9.17) is 4.74 Å². The summed E-state index contributed by atoms with van der Waals surface area (Å²) in [6, 6.07) is 3.62. The lowest BCUT2D eigenvalue weighted by molar-refractivity contribution is -0.139. The van der Waals surface area contributed by atoms with Crippen molar-refractivity contribution in [2.24, 2.45) is 5.92 Å². The zero-order valence-electron chi connectivity index (χ0n) is 12.9. The first-order valence-electron chi connectivity index (χ1n) is 7.77. The molecule has 1 saturated heterocycles. The smallest absolute Gasteiger partial charge is 0.263 e. The Bertz CT molecular complexity index is 430. The second-order valence-corrected chi connectivity index (χ2v) is 5.53. The van der Waals surface area contributed by atoms with Crippen LogP contribution in [0.15, 0.2) is 24.5 Å². The van der Waals surface area contributed by atoms with Crippen LogP contribution in [0.1, 0.15) is 26.7 Å². The Morgan fingerprint density at radius 1 is 1.52 bits per heavy atom. The fourth-order valence-electron chi connectivity index (χ4n) is 2.63. The molecule has 0 spiro atoms. The number of nitrogens with one attached hydrogen (secondary N) is 1. The number of hydrogen-bond donors (Lipinski definition) is 1. The molecule has 2 heterocycles. The number of carbonyl (C=O) groups excluding carboxylic acids is 1. The number of likely N-dealkylation sites (tertiary alicyclic amines) is 1. The van der Waals surface area contributed by atoms with Gasteiger partial charge in [0, 0.05) is 19.3 Å². The molecule has 1 aromatic rings. The van der Waals surface area contributed by atoms with Gasteiger partial charge in [-0.1, -0.05) is 6.92 Å². The van der Waals surface area contributed by atoms with E-state index in [1.54, 1.807) is 25.4 Å². The standard InChI is InChI=1S/C16H25N3O2/c1-3-17-11-14-6-9-19(10-7-14)16(20)13(2)21-15-5-4-8-18-12-15/h4-5,8,12-14,17H,3,6-7,9-11H2,1-2H3. The molecule has 1 atom stereocenters. The molecule has 0 saturated carbocycles. The van der Waals surface area contributed by atoms with E-state index in [1.807, 2.05) is 11.0 Å². The number of pyridine rings is 1. The van der Waals surface area contributed by atoms with Gasteiger partial charge in [0.1, 0.15) is 5.75 Å². The molecule has 0 aromatic carbocycles. The Morgan fingerprint density at radius 2 is 2.29 bits per heavy atom. The number of ether oxygens (including phenoxy) is 1. The molecule has 1 fully saturated rings. The van der Waals surface area contributed by atoms with E-state index in [9.17, 15) is 4.79 Å². The molecule has 1 unspecified atom stereocenters. The topological polar surface area (TPSA) is 54.5 Å². The minimum Gasteiger partial charge on any atom is -0.479 e. The Morgan fingerprint density at radius 3 is 2.90 bits per heavy atom. The Hall–Kier alpha value is -1.62. The van der Waals surface area contributed by atoms with Crippen LogP contribution < -0.4 is 10.1 Å². The third-order valence-corrected chi connectivity index (χ3v) is 3.90. The van der Waals surface area contributed by atoms with Crippen LogP contribution in [0.3, 0.4) is 0 Å². The molecule has 5 nitrogen and oxygen atoms in total. The van der Waals surface area contributed by atoms with Crippen LogP contribution in [-0.4, -0.2) is 48.1 Å². The summed E-state index contributed by atoms with van der Waals surface area (Å²) in [7, 11) is 0. The van der Waals surface area contributed by atoms with E-state index in [-0.39, 0.29) is 5.91 Å². The second-order valence-electron chi connectivity index (χ2n) is 5.53. The summed E-state index contributed by atoms with van der Waals surface area (Å²) in [6.45, 7) is 7.65. The number of aromatic nitrogens is 1. The molecule has 1 aliphatic rings. The van der Waals surface area contributed by atoms with Gasteiger partial charge in [0.15, 0.2) is 6.10 Å². The van der Waals surface area contributed by atoms with Crippen LogP contribution in [-0.2, 0) is 4.79 Å². The summed E-state index contributed by atoms with van der Waals surface area (Å²) in [5, 5.41) is 3.38. The molecule has 0 bridgehead atoms. The fourth-order valence-corrected chi connectivity index (χ4v) is 2.63. The zero-order chi connectivity index (χ0) is 15.1. The number of nitrogens with zero attached hydrogens (tertiary/aromatic N) is 2. The van der Waals surface area contributed by atoms with Gasteiger partial charge in [0.2, 0.25) is 0 Å². The first-order valence-corrected chi connectivity index (χ1v) is 7.77. The maximum atomic E-state index is 12.4. The maximum absolute atomic E-state index is 12.4. The van der Waals surface area contributed by atoms with E-state index in [0.29, 0.717) is 11.7 Å². The Kier molecular flexibility index (Phi) is 5.99. The van der Waals surface area contributed by atoms with E-state index in [0.717, 1.165) is 39.0 Å². The highest BCUT2D eigenvalue weighted by Crippen LogP contribution is 2.18. The van der Waals surface area contributed by atoms with Crippen molar-refractivity contribution < 1.29 is 9.53 Å². The zero-order valence-corrected chi connectivity index (χ0v) is 12.9. The van der Waals surface area contributed by atoms with Gasteiger partial charge in [-0.3, -0.25) is 9.78 Å². The quantitative estimate of drug-likeness (QED) is 0.866. The highest BCUT2D eigenvalue weighted by Gasteiger charge is 2.26. The minimum absolute atomic E-state index is 0.0701. The minimum atomic E-state index is -0.459. The van der Waals surface area contributed by atoms with Crippen LogP contribution in [0.4, 0.5) is 0 Å². The average Bonchev–Trinajstić information content (AvgIpc) is 2.53. The lowest BCUT2D eigenvalue weighted by Gasteiger charge is -2.33. The molecule has 1 aromatic heterocycles. The van der Waals surface area contributed by atoms with Crippen LogP contribution in [0.25, 0.3) is 0 Å². The van der Waals surface area contributed by atoms with Gasteiger partial charge in [-0.05, 0) is 50.9 Å². The van der Waals surface area contributed by atoms with Gasteiger partial charge >= 0.3 is 0 Å². The van der Waals surface area contributed by atoms with Gasteiger partial charge in [-0.2, -0.15) is 0 Å². The van der Waals surface area contributed by atoms with Gasteiger partial charge in [-0.25, -0.2) is 0 Å². The molecule has 1 N–H and O–H groups in total. The molecule has 1 aliphatic heterocycles. The van der Waals surface area contributed by atoms with E-state index in [2.05, 4.69) is 17.2 Å². The van der Waals surface area contributed by atoms with Crippen molar-refractivity contribution in [1.29, 1.82) is 0 Å². The third-order valence-electron chi connectivity index (χ3n) is 3.90. The summed E-state index contributed by atoms with van der Waals surface area (Å²) in [6.07, 6.45) is 5.00. The molecular formula is C16H25N3O2. The first-order chi connectivity index (χ1) is 10.2. The summed E-state index contributed by atoms with van der Waals surface area (Å²) in [5.74, 6) is 1.39. The molecular weight excluding hydrogens is 266 g/mol. The van der Waals surface area contributed by atoms with Crippen molar-refractivity contribution in [3.05, 3.63) is 24.5 Å². The molecule has 0 aliphatic carbocycles. The summed E-state index contributed by atoms with van der Waals surface area (Å²) < 4.78 is 5.66. The van der Waals surface area contributed by atoms with Crippen molar-refractivity contribution >= 4 is 5.91 Å². The molecule has 1 amide bonds. The van der Waals surface area contributed by atoms with Gasteiger partial charge in [-0.15, -0.1) is 0 Å². The molecule has 116 valence electrons. The highest BCUT2D eigenvalue weighted by atomic mass is 16.5. The summed E-state index contributed by atoms with van der Waals surface area (Å²) in [5.41, 5.74) is 0. The molecule has 5 heteroatoms. The number of rotatable bonds is 6. The number of hydrogen-bond acceptors (Lipinski definition) is 4. The van der Waals surface area contributed by atoms with Crippen LogP contribution in [0.2, 0.25) is 0 Å². The van der Waals surface area contributed by atoms with Crippen molar-refractivity contribution in [2.45, 2.75) is 32.8 Å². The second kappa shape index (κ2) is 7.98. The monoisotopic (exact) mass is 291 g/mol. The van der Waals surface area contributed by atoms with Crippen molar-refractivity contribution in [3.63, 3.8) is 0 Å². The van der Waals surface area contributed by atoms with Crippen molar-refractivity contribution in [3.8, 4) is 5.75 Å². The predicted octanol–water partition coefficient (Wildman–Crippen LogP) is 1.70. The number of carbonyl (C=O) groups is 1. The number of amides is 1. The van der Waals surface area contributed by atoms with Crippen molar-refractivity contribution in [2.75, 3.05) is 26.2 Å². The van der Waals surface area contributed by atoms with E-state index >= 15 is 0 Å². The first kappa shape index (κ1) is 15.8. The van der Waals surface area contributed by atoms with Crippen LogP contribution in [0.5, 0.6) is 5.75 Å². The van der Waals surface area contributed by atoms with Crippen LogP contribution in [0, 0.1) is 5.92 Å². The highest BCUT2D eigenvalue weighted by molar-refractivity contribution is 5.81. The molecule has 2 rings (SSSR count). The SMILES string of the molecule is CCNCC1CCN(C(=O)C(C)Oc2cccnc2)CC1. The molecule has 0 radical (unpaired) electrons. The van der Waals surface area contributed by atoms with Gasteiger partial charge < -0.3 is 15.0 Å².